The van der Waals surface area contributed by atoms with Gasteiger partial charge in [0.05, 0.1) is 6.61 Å². The Labute approximate surface area is 89.3 Å². The van der Waals surface area contributed by atoms with Gasteiger partial charge in [0.2, 0.25) is 0 Å². The van der Waals surface area contributed by atoms with E-state index in [0.29, 0.717) is 12.0 Å². The third-order valence-electron chi connectivity index (χ3n) is 1.78. The van der Waals surface area contributed by atoms with Crippen LogP contribution in [0.5, 0.6) is 0 Å². The second kappa shape index (κ2) is 5.85. The average molecular weight is 218 g/mol. The van der Waals surface area contributed by atoms with E-state index in [1.165, 1.54) is 6.92 Å². The van der Waals surface area contributed by atoms with Crippen LogP contribution in [0.3, 0.4) is 0 Å². The number of hydrogen-bond acceptors (Lipinski definition) is 5. The Bertz CT molecular complexity index is 251. The van der Waals surface area contributed by atoms with E-state index in [2.05, 4.69) is 9.47 Å². The molecule has 0 aliphatic rings. The van der Waals surface area contributed by atoms with Crippen LogP contribution in [0.15, 0.2) is 11.1 Å². The first-order chi connectivity index (χ1) is 6.80. The van der Waals surface area contributed by atoms with Gasteiger partial charge in [-0.05, 0) is 27.2 Å². The monoisotopic (exact) mass is 218 g/mol. The minimum absolute atomic E-state index is 0.0914. The zero-order chi connectivity index (χ0) is 12.1. The molecule has 15 heavy (non-hydrogen) atoms. The first kappa shape index (κ1) is 14.1. The molecule has 0 unspecified atom stereocenters. The quantitative estimate of drug-likeness (QED) is 0.407. The van der Waals surface area contributed by atoms with Crippen LogP contribution in [-0.4, -0.2) is 28.9 Å². The number of aliphatic hydroxyl groups is 2. The molecular formula is C10H18O5. The van der Waals surface area contributed by atoms with Gasteiger partial charge >= 0.3 is 12.1 Å². The van der Waals surface area contributed by atoms with Crippen LogP contribution in [0.25, 0.3) is 0 Å². The van der Waals surface area contributed by atoms with Crippen molar-refractivity contribution in [3.05, 3.63) is 11.1 Å². The van der Waals surface area contributed by atoms with E-state index in [1.54, 1.807) is 20.8 Å². The summed E-state index contributed by atoms with van der Waals surface area (Å²) in [5.41, 5.74) is 1.06. The van der Waals surface area contributed by atoms with Crippen molar-refractivity contribution < 1.29 is 24.5 Å². The Morgan fingerprint density at radius 3 is 2.20 bits per heavy atom. The van der Waals surface area contributed by atoms with E-state index in [9.17, 15) is 4.79 Å². The summed E-state index contributed by atoms with van der Waals surface area (Å²) in [5, 5.41) is 18.2. The van der Waals surface area contributed by atoms with Crippen LogP contribution < -0.4 is 0 Å². The molecule has 0 amide bonds. The van der Waals surface area contributed by atoms with Crippen molar-refractivity contribution in [2.45, 2.75) is 40.3 Å². The van der Waals surface area contributed by atoms with Crippen molar-refractivity contribution >= 4 is 5.97 Å². The SMILES string of the molecule is CCCOC(O)(O)OC(=O)C(C)=C(C)C. The van der Waals surface area contributed by atoms with Gasteiger partial charge in [-0.1, -0.05) is 12.5 Å². The molecule has 0 spiro atoms. The molecule has 0 aromatic carbocycles. The Hall–Kier alpha value is -0.910. The van der Waals surface area contributed by atoms with E-state index in [4.69, 9.17) is 10.2 Å². The molecule has 0 radical (unpaired) electrons. The van der Waals surface area contributed by atoms with Crippen molar-refractivity contribution in [1.29, 1.82) is 0 Å². The molecule has 0 aliphatic carbocycles. The summed E-state index contributed by atoms with van der Waals surface area (Å²) in [6.07, 6.45) is -2.26. The molecule has 5 heteroatoms. The van der Waals surface area contributed by atoms with Gasteiger partial charge in [0.25, 0.3) is 0 Å². The van der Waals surface area contributed by atoms with E-state index in [0.717, 1.165) is 5.57 Å². The van der Waals surface area contributed by atoms with Crippen LogP contribution in [0.2, 0.25) is 0 Å². The number of carbonyl (C=O) groups excluding carboxylic acids is 1. The highest BCUT2D eigenvalue weighted by Gasteiger charge is 2.30. The lowest BCUT2D eigenvalue weighted by Gasteiger charge is -2.20. The fraction of sp³-hybridized carbons (Fsp3) is 0.700. The lowest BCUT2D eigenvalue weighted by molar-refractivity contribution is -0.451. The van der Waals surface area contributed by atoms with Gasteiger partial charge in [0.15, 0.2) is 0 Å². The van der Waals surface area contributed by atoms with E-state index in [1.807, 2.05) is 0 Å². The molecule has 0 aromatic rings. The second-order valence-electron chi connectivity index (χ2n) is 3.41. The molecule has 0 saturated heterocycles. The van der Waals surface area contributed by atoms with Crippen molar-refractivity contribution in [3.8, 4) is 0 Å². The number of carbonyl (C=O) groups is 1. The molecule has 0 atom stereocenters. The third kappa shape index (κ3) is 5.51. The number of allylic oxidation sites excluding steroid dienone is 1. The Morgan fingerprint density at radius 1 is 1.27 bits per heavy atom. The summed E-state index contributed by atoms with van der Waals surface area (Å²) in [4.78, 5) is 11.3. The highest BCUT2D eigenvalue weighted by Crippen LogP contribution is 2.11. The first-order valence-corrected chi connectivity index (χ1v) is 4.76. The molecule has 88 valence electrons. The summed E-state index contributed by atoms with van der Waals surface area (Å²) in [6.45, 7) is 6.86. The predicted octanol–water partition coefficient (Wildman–Crippen LogP) is 0.908. The number of hydrogen-bond donors (Lipinski definition) is 2. The summed E-state index contributed by atoms with van der Waals surface area (Å²) in [5.74, 6) is -0.809. The smallest absolute Gasteiger partial charge is 0.381 e. The van der Waals surface area contributed by atoms with Crippen LogP contribution in [0, 0.1) is 0 Å². The molecule has 0 saturated carbocycles. The lowest BCUT2D eigenvalue weighted by Crippen LogP contribution is -2.38. The van der Waals surface area contributed by atoms with Crippen LogP contribution >= 0.6 is 0 Å². The Balaban J connectivity index is 4.34. The van der Waals surface area contributed by atoms with E-state index in [-0.39, 0.29) is 6.61 Å². The van der Waals surface area contributed by atoms with Crippen LogP contribution in [-0.2, 0) is 14.3 Å². The molecule has 0 rings (SSSR count). The minimum atomic E-state index is -2.84. The van der Waals surface area contributed by atoms with Gasteiger partial charge in [-0.3, -0.25) is 4.74 Å². The molecular weight excluding hydrogens is 200 g/mol. The van der Waals surface area contributed by atoms with Gasteiger partial charge < -0.3 is 14.9 Å². The highest BCUT2D eigenvalue weighted by atomic mass is 16.9. The summed E-state index contributed by atoms with van der Waals surface area (Å²) >= 11 is 0. The predicted molar refractivity (Wildman–Crippen MR) is 53.6 cm³/mol. The van der Waals surface area contributed by atoms with Gasteiger partial charge in [-0.25, -0.2) is 4.79 Å². The van der Waals surface area contributed by atoms with Crippen LogP contribution in [0.4, 0.5) is 0 Å². The molecule has 0 aromatic heterocycles. The molecule has 5 nitrogen and oxygen atoms in total. The fourth-order valence-corrected chi connectivity index (χ4v) is 0.666. The zero-order valence-corrected chi connectivity index (χ0v) is 9.53. The van der Waals surface area contributed by atoms with E-state index < -0.39 is 12.1 Å². The molecule has 0 fully saturated rings. The fourth-order valence-electron chi connectivity index (χ4n) is 0.666. The van der Waals surface area contributed by atoms with Gasteiger partial charge in [0.1, 0.15) is 0 Å². The Morgan fingerprint density at radius 2 is 1.80 bits per heavy atom. The molecule has 2 N–H and O–H groups in total. The summed E-state index contributed by atoms with van der Waals surface area (Å²) in [7, 11) is 0. The topological polar surface area (TPSA) is 76.0 Å². The number of rotatable bonds is 5. The number of ether oxygens (including phenoxy) is 2. The molecule has 0 heterocycles. The standard InChI is InChI=1S/C10H18O5/c1-5-6-14-10(12,13)15-9(11)8(4)7(2)3/h12-13H,5-6H2,1-4H3. The summed E-state index contributed by atoms with van der Waals surface area (Å²) < 4.78 is 8.88. The molecule has 0 bridgehead atoms. The van der Waals surface area contributed by atoms with Gasteiger partial charge in [-0.2, -0.15) is 0 Å². The van der Waals surface area contributed by atoms with Crippen LogP contribution in [0.1, 0.15) is 34.1 Å². The first-order valence-electron chi connectivity index (χ1n) is 4.76. The van der Waals surface area contributed by atoms with E-state index >= 15 is 0 Å². The van der Waals surface area contributed by atoms with Gasteiger partial charge in [0, 0.05) is 5.57 Å². The highest BCUT2D eigenvalue weighted by molar-refractivity contribution is 5.88. The Kier molecular flexibility index (Phi) is 5.49. The average Bonchev–Trinajstić information content (AvgIpc) is 2.12. The maximum absolute atomic E-state index is 11.3. The van der Waals surface area contributed by atoms with Crippen molar-refractivity contribution in [2.75, 3.05) is 6.61 Å². The lowest BCUT2D eigenvalue weighted by atomic mass is 10.2. The van der Waals surface area contributed by atoms with Crippen molar-refractivity contribution in [1.82, 2.24) is 0 Å². The maximum Gasteiger partial charge on any atom is 0.458 e. The third-order valence-corrected chi connectivity index (χ3v) is 1.78. The normalized spacial score (nSPS) is 11.1. The largest absolute Gasteiger partial charge is 0.458 e. The van der Waals surface area contributed by atoms with Crippen molar-refractivity contribution in [3.63, 3.8) is 0 Å². The minimum Gasteiger partial charge on any atom is -0.381 e. The zero-order valence-electron chi connectivity index (χ0n) is 9.53. The van der Waals surface area contributed by atoms with Crippen molar-refractivity contribution in [2.24, 2.45) is 0 Å². The summed E-state index contributed by atoms with van der Waals surface area (Å²) in [6, 6.07) is 0. The molecule has 0 aliphatic heterocycles. The second-order valence-corrected chi connectivity index (χ2v) is 3.41. The maximum atomic E-state index is 11.3. The van der Waals surface area contributed by atoms with Gasteiger partial charge in [-0.15, -0.1) is 0 Å². The number of esters is 1.